The van der Waals surface area contributed by atoms with Crippen LogP contribution in [0.3, 0.4) is 0 Å². The molecule has 0 spiro atoms. The van der Waals surface area contributed by atoms with Gasteiger partial charge in [0.1, 0.15) is 11.6 Å². The van der Waals surface area contributed by atoms with E-state index in [1.807, 2.05) is 56.3 Å². The Hall–Kier alpha value is -3.74. The van der Waals surface area contributed by atoms with Gasteiger partial charge in [-0.1, -0.05) is 42.5 Å². The Kier molecular flexibility index (Phi) is 6.01. The van der Waals surface area contributed by atoms with Crippen LogP contribution in [0.2, 0.25) is 0 Å². The molecule has 1 amide bonds. The van der Waals surface area contributed by atoms with E-state index in [0.717, 1.165) is 43.0 Å². The number of rotatable bonds is 5. The second-order valence-corrected chi connectivity index (χ2v) is 8.94. The van der Waals surface area contributed by atoms with E-state index in [1.165, 1.54) is 6.07 Å². The maximum atomic E-state index is 14.3. The maximum Gasteiger partial charge on any atom is 0.223 e. The molecule has 5 rings (SSSR count). The van der Waals surface area contributed by atoms with Crippen LogP contribution in [0.5, 0.6) is 0 Å². The zero-order valence-electron chi connectivity index (χ0n) is 19.4. The molecule has 1 saturated heterocycles. The summed E-state index contributed by atoms with van der Waals surface area (Å²) in [5, 5.41) is 7.85. The van der Waals surface area contributed by atoms with Crippen molar-refractivity contribution in [3.63, 3.8) is 0 Å². The summed E-state index contributed by atoms with van der Waals surface area (Å²) in [7, 11) is 0. The summed E-state index contributed by atoms with van der Waals surface area (Å²) < 4.78 is 16.1. The van der Waals surface area contributed by atoms with E-state index in [0.29, 0.717) is 16.9 Å². The van der Waals surface area contributed by atoms with E-state index in [9.17, 15) is 9.18 Å². The normalized spacial score (nSPS) is 15.4. The van der Waals surface area contributed by atoms with Crippen LogP contribution in [-0.4, -0.2) is 33.6 Å². The molecule has 2 aromatic heterocycles. The SMILES string of the molecule is Cc1cc(N2CCC(C(=O)N[C@H](C)c3ccccc3)CC2)n2nc(-c3ccccc3F)cc2n1. The molecule has 2 aromatic carbocycles. The van der Waals surface area contributed by atoms with Gasteiger partial charge in [-0.2, -0.15) is 9.61 Å². The summed E-state index contributed by atoms with van der Waals surface area (Å²) in [4.78, 5) is 19.7. The third-order valence-corrected chi connectivity index (χ3v) is 6.53. The highest BCUT2D eigenvalue weighted by Crippen LogP contribution is 2.28. The fourth-order valence-corrected chi connectivity index (χ4v) is 4.63. The zero-order valence-corrected chi connectivity index (χ0v) is 19.4. The molecule has 3 heterocycles. The number of aryl methyl sites for hydroxylation is 1. The van der Waals surface area contributed by atoms with Crippen LogP contribution < -0.4 is 10.2 Å². The Balaban J connectivity index is 1.32. The molecule has 0 aliphatic carbocycles. The Labute approximate surface area is 198 Å². The molecule has 0 bridgehead atoms. The van der Waals surface area contributed by atoms with E-state index >= 15 is 0 Å². The second-order valence-electron chi connectivity index (χ2n) is 8.94. The maximum absolute atomic E-state index is 14.3. The lowest BCUT2D eigenvalue weighted by Crippen LogP contribution is -2.41. The molecule has 0 radical (unpaired) electrons. The van der Waals surface area contributed by atoms with E-state index in [1.54, 1.807) is 22.7 Å². The van der Waals surface area contributed by atoms with Crippen molar-refractivity contribution < 1.29 is 9.18 Å². The van der Waals surface area contributed by atoms with Gasteiger partial charge in [0.25, 0.3) is 0 Å². The minimum atomic E-state index is -0.305. The summed E-state index contributed by atoms with van der Waals surface area (Å²) in [5.41, 5.74) is 3.68. The predicted molar refractivity (Wildman–Crippen MR) is 131 cm³/mol. The van der Waals surface area contributed by atoms with Crippen molar-refractivity contribution in [2.75, 3.05) is 18.0 Å². The van der Waals surface area contributed by atoms with Crippen molar-refractivity contribution in [2.24, 2.45) is 5.92 Å². The summed E-state index contributed by atoms with van der Waals surface area (Å²) in [6, 6.07) is 20.5. The van der Waals surface area contributed by atoms with Crippen LogP contribution in [0.4, 0.5) is 10.2 Å². The van der Waals surface area contributed by atoms with Crippen molar-refractivity contribution in [1.82, 2.24) is 19.9 Å². The van der Waals surface area contributed by atoms with Gasteiger partial charge in [-0.15, -0.1) is 0 Å². The van der Waals surface area contributed by atoms with Crippen molar-refractivity contribution in [3.05, 3.63) is 83.8 Å². The van der Waals surface area contributed by atoms with Crippen LogP contribution in [0.1, 0.15) is 37.1 Å². The van der Waals surface area contributed by atoms with Crippen molar-refractivity contribution in [1.29, 1.82) is 0 Å². The van der Waals surface area contributed by atoms with E-state index in [2.05, 4.69) is 20.3 Å². The average Bonchev–Trinajstić information content (AvgIpc) is 3.28. The monoisotopic (exact) mass is 457 g/mol. The Bertz CT molecular complexity index is 1310. The van der Waals surface area contributed by atoms with Crippen LogP contribution in [0.25, 0.3) is 16.9 Å². The molecule has 1 aliphatic rings. The molecule has 1 aliphatic heterocycles. The molecule has 7 heteroatoms. The highest BCUT2D eigenvalue weighted by atomic mass is 19.1. The number of carbonyl (C=O) groups excluding carboxylic acids is 1. The lowest BCUT2D eigenvalue weighted by Gasteiger charge is -2.33. The van der Waals surface area contributed by atoms with Gasteiger partial charge >= 0.3 is 0 Å². The van der Waals surface area contributed by atoms with E-state index < -0.39 is 0 Å². The first-order valence-electron chi connectivity index (χ1n) is 11.7. The van der Waals surface area contributed by atoms with Gasteiger partial charge in [0.2, 0.25) is 5.91 Å². The number of halogens is 1. The van der Waals surface area contributed by atoms with Gasteiger partial charge in [0, 0.05) is 42.4 Å². The smallest absolute Gasteiger partial charge is 0.223 e. The van der Waals surface area contributed by atoms with Gasteiger partial charge in [0.15, 0.2) is 5.65 Å². The number of fused-ring (bicyclic) bond motifs is 1. The molecule has 4 aromatic rings. The van der Waals surface area contributed by atoms with Crippen LogP contribution >= 0.6 is 0 Å². The highest BCUT2D eigenvalue weighted by molar-refractivity contribution is 5.79. The summed E-state index contributed by atoms with van der Waals surface area (Å²) >= 11 is 0. The summed E-state index contributed by atoms with van der Waals surface area (Å²) in [6.07, 6.45) is 1.52. The van der Waals surface area contributed by atoms with Crippen molar-refractivity contribution in [2.45, 2.75) is 32.7 Å². The minimum absolute atomic E-state index is 0.0184. The lowest BCUT2D eigenvalue weighted by atomic mass is 9.95. The second kappa shape index (κ2) is 9.25. The molecule has 6 nitrogen and oxygen atoms in total. The first kappa shape index (κ1) is 22.1. The number of amides is 1. The number of piperidine rings is 1. The first-order valence-corrected chi connectivity index (χ1v) is 11.7. The largest absolute Gasteiger partial charge is 0.356 e. The highest BCUT2D eigenvalue weighted by Gasteiger charge is 2.27. The van der Waals surface area contributed by atoms with Gasteiger partial charge in [-0.25, -0.2) is 9.37 Å². The number of carbonyl (C=O) groups is 1. The lowest BCUT2D eigenvalue weighted by molar-refractivity contribution is -0.126. The Morgan fingerprint density at radius 1 is 1.06 bits per heavy atom. The predicted octanol–water partition coefficient (Wildman–Crippen LogP) is 4.94. The van der Waals surface area contributed by atoms with E-state index in [4.69, 9.17) is 0 Å². The third-order valence-electron chi connectivity index (χ3n) is 6.53. The molecule has 174 valence electrons. The van der Waals surface area contributed by atoms with Crippen LogP contribution in [0.15, 0.2) is 66.7 Å². The molecule has 34 heavy (non-hydrogen) atoms. The van der Waals surface area contributed by atoms with Gasteiger partial charge in [-0.05, 0) is 44.4 Å². The van der Waals surface area contributed by atoms with Crippen molar-refractivity contribution in [3.8, 4) is 11.3 Å². The number of aromatic nitrogens is 3. The molecule has 0 unspecified atom stereocenters. The molecular formula is C27H28FN5O. The molecule has 1 N–H and O–H groups in total. The molecule has 1 fully saturated rings. The minimum Gasteiger partial charge on any atom is -0.356 e. The average molecular weight is 458 g/mol. The number of hydrogen-bond acceptors (Lipinski definition) is 4. The van der Waals surface area contributed by atoms with Crippen molar-refractivity contribution >= 4 is 17.4 Å². The third kappa shape index (κ3) is 4.38. The fourth-order valence-electron chi connectivity index (χ4n) is 4.63. The fraction of sp³-hybridized carbons (Fsp3) is 0.296. The topological polar surface area (TPSA) is 62.5 Å². The Morgan fingerprint density at radius 3 is 2.50 bits per heavy atom. The van der Waals surface area contributed by atoms with Gasteiger partial charge in [0.05, 0.1) is 11.7 Å². The van der Waals surface area contributed by atoms with Crippen LogP contribution in [-0.2, 0) is 4.79 Å². The summed E-state index contributed by atoms with van der Waals surface area (Å²) in [5.74, 6) is 0.697. The quantitative estimate of drug-likeness (QED) is 0.461. The number of hydrogen-bond donors (Lipinski definition) is 1. The number of anilines is 1. The zero-order chi connectivity index (χ0) is 23.7. The van der Waals surface area contributed by atoms with Crippen LogP contribution in [0, 0.1) is 18.7 Å². The van der Waals surface area contributed by atoms with Gasteiger partial charge < -0.3 is 10.2 Å². The number of benzene rings is 2. The first-order chi connectivity index (χ1) is 16.5. The van der Waals surface area contributed by atoms with Gasteiger partial charge in [-0.3, -0.25) is 4.79 Å². The number of nitrogens with one attached hydrogen (secondary N) is 1. The molecule has 1 atom stereocenters. The molecular weight excluding hydrogens is 429 g/mol. The Morgan fingerprint density at radius 2 is 1.76 bits per heavy atom. The molecule has 0 saturated carbocycles. The van der Waals surface area contributed by atoms with E-state index in [-0.39, 0.29) is 23.7 Å². The summed E-state index contributed by atoms with van der Waals surface area (Å²) in [6.45, 7) is 5.45. The standard InChI is InChI=1S/C27H28FN5O/c1-18-16-26(33-25(29-18)17-24(31-33)22-10-6-7-11-23(22)28)32-14-12-21(13-15-32)27(34)30-19(2)20-8-4-3-5-9-20/h3-11,16-17,19,21H,12-15H2,1-2H3,(H,30,34)/t19-/m1/s1. The number of nitrogens with zero attached hydrogens (tertiary/aromatic N) is 4.